The first kappa shape index (κ1) is 14.9. The van der Waals surface area contributed by atoms with Crippen molar-refractivity contribution in [1.82, 2.24) is 10.2 Å². The van der Waals surface area contributed by atoms with Crippen molar-refractivity contribution in [2.24, 2.45) is 0 Å². The highest BCUT2D eigenvalue weighted by molar-refractivity contribution is 9.10. The lowest BCUT2D eigenvalue weighted by Gasteiger charge is -2.12. The number of nitrogens with zero attached hydrogens (tertiary/aromatic N) is 1. The van der Waals surface area contributed by atoms with Gasteiger partial charge in [0.05, 0.1) is 17.3 Å². The molecule has 0 unspecified atom stereocenters. The maximum Gasteiger partial charge on any atom is 0.416 e. The summed E-state index contributed by atoms with van der Waals surface area (Å²) in [5.41, 5.74) is 1.01. The first-order chi connectivity index (χ1) is 10.4. The van der Waals surface area contributed by atoms with E-state index in [0.29, 0.717) is 23.1 Å². The maximum atomic E-state index is 12.9. The average Bonchev–Trinajstić information content (AvgIpc) is 2.92. The number of H-pyrrole nitrogens is 1. The van der Waals surface area contributed by atoms with Gasteiger partial charge in [0.15, 0.2) is 0 Å². The fourth-order valence-corrected chi connectivity index (χ4v) is 2.65. The number of alkyl halides is 3. The van der Waals surface area contributed by atoms with Crippen molar-refractivity contribution in [1.29, 1.82) is 0 Å². The van der Waals surface area contributed by atoms with Crippen LogP contribution in [-0.4, -0.2) is 10.2 Å². The Bertz CT molecular complexity index is 811. The van der Waals surface area contributed by atoms with Gasteiger partial charge in [-0.05, 0) is 29.8 Å². The molecule has 1 heterocycles. The molecular weight excluding hydrogens is 359 g/mol. The second kappa shape index (κ2) is 5.64. The molecule has 0 saturated heterocycles. The summed E-state index contributed by atoms with van der Waals surface area (Å²) in [5, 5.41) is 10.1. The van der Waals surface area contributed by atoms with Crippen LogP contribution in [0.5, 0.6) is 0 Å². The number of anilines is 1. The minimum Gasteiger partial charge on any atom is -0.380 e. The Morgan fingerprint density at radius 3 is 2.73 bits per heavy atom. The Morgan fingerprint density at radius 1 is 1.18 bits per heavy atom. The molecule has 7 heteroatoms. The summed E-state index contributed by atoms with van der Waals surface area (Å²) in [7, 11) is 0. The minimum atomic E-state index is -4.40. The van der Waals surface area contributed by atoms with Crippen LogP contribution in [0.3, 0.4) is 0 Å². The van der Waals surface area contributed by atoms with E-state index < -0.39 is 11.7 Å². The van der Waals surface area contributed by atoms with Crippen LogP contribution >= 0.6 is 15.9 Å². The summed E-state index contributed by atoms with van der Waals surface area (Å²) in [6, 6.07) is 9.75. The highest BCUT2D eigenvalue weighted by atomic mass is 79.9. The summed E-state index contributed by atoms with van der Waals surface area (Å²) in [6.45, 7) is 0.418. The van der Waals surface area contributed by atoms with E-state index in [1.165, 1.54) is 6.20 Å². The van der Waals surface area contributed by atoms with Gasteiger partial charge in [0.1, 0.15) is 0 Å². The van der Waals surface area contributed by atoms with Gasteiger partial charge < -0.3 is 5.32 Å². The quantitative estimate of drug-likeness (QED) is 0.685. The van der Waals surface area contributed by atoms with E-state index in [9.17, 15) is 13.2 Å². The van der Waals surface area contributed by atoms with Crippen molar-refractivity contribution in [2.75, 3.05) is 5.32 Å². The molecule has 0 amide bonds. The number of rotatable bonds is 3. The fourth-order valence-electron chi connectivity index (χ4n) is 2.21. The molecule has 22 heavy (non-hydrogen) atoms. The van der Waals surface area contributed by atoms with Crippen LogP contribution in [0.4, 0.5) is 18.9 Å². The zero-order chi connectivity index (χ0) is 15.7. The van der Waals surface area contributed by atoms with Gasteiger partial charge in [0, 0.05) is 22.1 Å². The van der Waals surface area contributed by atoms with Gasteiger partial charge in [-0.2, -0.15) is 18.3 Å². The highest BCUT2D eigenvalue weighted by Gasteiger charge is 2.31. The Morgan fingerprint density at radius 2 is 2.00 bits per heavy atom. The summed E-state index contributed by atoms with van der Waals surface area (Å²) in [5.74, 6) is 0. The topological polar surface area (TPSA) is 40.7 Å². The molecule has 0 spiro atoms. The van der Waals surface area contributed by atoms with E-state index in [4.69, 9.17) is 0 Å². The van der Waals surface area contributed by atoms with Crippen LogP contribution in [0, 0.1) is 0 Å². The predicted molar refractivity (Wildman–Crippen MR) is 82.6 cm³/mol. The molecular formula is C15H11BrF3N3. The fraction of sp³-hybridized carbons (Fsp3) is 0.133. The molecule has 0 aliphatic heterocycles. The standard InChI is InChI=1S/C15H11BrF3N3/c16-11-3-1-2-9(4-11)7-20-13-5-10(15(17,18)19)6-14-12(13)8-21-22-14/h1-6,8,20H,7H2,(H,21,22). The van der Waals surface area contributed by atoms with Crippen molar-refractivity contribution in [3.63, 3.8) is 0 Å². The number of hydrogen-bond donors (Lipinski definition) is 2. The number of halogens is 4. The molecule has 2 aromatic carbocycles. The largest absolute Gasteiger partial charge is 0.416 e. The van der Waals surface area contributed by atoms with E-state index >= 15 is 0 Å². The summed E-state index contributed by atoms with van der Waals surface area (Å²) in [4.78, 5) is 0. The van der Waals surface area contributed by atoms with Gasteiger partial charge in [0.25, 0.3) is 0 Å². The van der Waals surface area contributed by atoms with Crippen LogP contribution in [0.1, 0.15) is 11.1 Å². The van der Waals surface area contributed by atoms with E-state index in [2.05, 4.69) is 31.4 Å². The second-order valence-corrected chi connectivity index (χ2v) is 5.75. The third-order valence-electron chi connectivity index (χ3n) is 3.26. The van der Waals surface area contributed by atoms with E-state index in [1.54, 1.807) is 0 Å². The van der Waals surface area contributed by atoms with Crippen molar-refractivity contribution in [3.8, 4) is 0 Å². The molecule has 0 saturated carbocycles. The number of hydrogen-bond acceptors (Lipinski definition) is 2. The SMILES string of the molecule is FC(F)(F)c1cc(NCc2cccc(Br)c2)c2cn[nH]c2c1. The normalized spacial score (nSPS) is 11.8. The van der Waals surface area contributed by atoms with E-state index in [1.807, 2.05) is 24.3 Å². The molecule has 0 fully saturated rings. The molecule has 2 N–H and O–H groups in total. The van der Waals surface area contributed by atoms with Crippen molar-refractivity contribution in [3.05, 3.63) is 58.2 Å². The van der Waals surface area contributed by atoms with Gasteiger partial charge in [0.2, 0.25) is 0 Å². The van der Waals surface area contributed by atoms with Crippen LogP contribution in [0.25, 0.3) is 10.9 Å². The molecule has 0 atom stereocenters. The smallest absolute Gasteiger partial charge is 0.380 e. The first-order valence-corrected chi connectivity index (χ1v) is 7.25. The van der Waals surface area contributed by atoms with Gasteiger partial charge in [-0.3, -0.25) is 5.10 Å². The molecule has 1 aromatic heterocycles. The number of aromatic nitrogens is 2. The number of nitrogens with one attached hydrogen (secondary N) is 2. The average molecular weight is 370 g/mol. The van der Waals surface area contributed by atoms with Gasteiger partial charge in [-0.1, -0.05) is 28.1 Å². The summed E-state index contributed by atoms with van der Waals surface area (Å²) >= 11 is 3.37. The highest BCUT2D eigenvalue weighted by Crippen LogP contribution is 2.34. The van der Waals surface area contributed by atoms with Crippen LogP contribution in [-0.2, 0) is 12.7 Å². The van der Waals surface area contributed by atoms with E-state index in [0.717, 1.165) is 22.2 Å². The van der Waals surface area contributed by atoms with Crippen molar-refractivity contribution >= 4 is 32.5 Å². The van der Waals surface area contributed by atoms with Gasteiger partial charge >= 0.3 is 6.18 Å². The predicted octanol–water partition coefficient (Wildman–Crippen LogP) is 4.96. The van der Waals surface area contributed by atoms with Crippen molar-refractivity contribution in [2.45, 2.75) is 12.7 Å². The molecule has 114 valence electrons. The Balaban J connectivity index is 1.93. The zero-order valence-electron chi connectivity index (χ0n) is 11.2. The molecule has 0 aliphatic carbocycles. The van der Waals surface area contributed by atoms with E-state index in [-0.39, 0.29) is 0 Å². The van der Waals surface area contributed by atoms with Gasteiger partial charge in [-0.25, -0.2) is 0 Å². The molecule has 3 nitrogen and oxygen atoms in total. The van der Waals surface area contributed by atoms with Gasteiger partial charge in [-0.15, -0.1) is 0 Å². The summed E-state index contributed by atoms with van der Waals surface area (Å²) in [6.07, 6.45) is -2.88. The molecule has 0 aliphatic rings. The van der Waals surface area contributed by atoms with Crippen molar-refractivity contribution < 1.29 is 13.2 Å². The second-order valence-electron chi connectivity index (χ2n) is 4.84. The molecule has 3 rings (SSSR count). The minimum absolute atomic E-state index is 0.353. The lowest BCUT2D eigenvalue weighted by molar-refractivity contribution is -0.137. The molecule has 3 aromatic rings. The number of fused-ring (bicyclic) bond motifs is 1. The monoisotopic (exact) mass is 369 g/mol. The number of benzene rings is 2. The summed E-state index contributed by atoms with van der Waals surface area (Å²) < 4.78 is 39.8. The third-order valence-corrected chi connectivity index (χ3v) is 3.75. The Kier molecular flexibility index (Phi) is 3.82. The first-order valence-electron chi connectivity index (χ1n) is 6.46. The maximum absolute atomic E-state index is 12.9. The van der Waals surface area contributed by atoms with Crippen LogP contribution in [0.15, 0.2) is 47.1 Å². The lowest BCUT2D eigenvalue weighted by Crippen LogP contribution is -2.07. The Labute approximate surface area is 132 Å². The van der Waals surface area contributed by atoms with Crippen LogP contribution < -0.4 is 5.32 Å². The Hall–Kier alpha value is -2.02. The molecule has 0 bridgehead atoms. The molecule has 0 radical (unpaired) electrons. The lowest BCUT2D eigenvalue weighted by atomic mass is 10.1. The zero-order valence-corrected chi connectivity index (χ0v) is 12.8. The van der Waals surface area contributed by atoms with Crippen LogP contribution in [0.2, 0.25) is 0 Å². The third kappa shape index (κ3) is 3.09. The number of aromatic amines is 1.